The average molecular weight is 349 g/mol. The van der Waals surface area contributed by atoms with E-state index < -0.39 is 17.3 Å². The fourth-order valence-corrected chi connectivity index (χ4v) is 2.96. The largest absolute Gasteiger partial charge is 0.480 e. The number of amides is 1. The number of aliphatic carboxylic acids is 1. The Bertz CT molecular complexity index is 762. The van der Waals surface area contributed by atoms with E-state index in [1.165, 1.54) is 0 Å². The maximum Gasteiger partial charge on any atom is 0.319 e. The van der Waals surface area contributed by atoms with E-state index in [1.54, 1.807) is 13.1 Å². The summed E-state index contributed by atoms with van der Waals surface area (Å²) in [5, 5.41) is 13.7. The summed E-state index contributed by atoms with van der Waals surface area (Å²) in [6.07, 6.45) is 1.96. The highest BCUT2D eigenvalue weighted by atomic mass is 79.9. The van der Waals surface area contributed by atoms with E-state index in [4.69, 9.17) is 0 Å². The number of nitrogens with one attached hydrogen (secondary N) is 1. The van der Waals surface area contributed by atoms with Crippen molar-refractivity contribution in [2.45, 2.75) is 13.3 Å². The number of carbonyl (C=O) groups excluding carboxylic acids is 1. The zero-order valence-electron chi connectivity index (χ0n) is 11.3. The number of carbonyl (C=O) groups is 2. The van der Waals surface area contributed by atoms with E-state index in [0.29, 0.717) is 12.2 Å². The van der Waals surface area contributed by atoms with Gasteiger partial charge >= 0.3 is 5.97 Å². The lowest BCUT2D eigenvalue weighted by molar-refractivity contribution is -0.148. The summed E-state index contributed by atoms with van der Waals surface area (Å²) >= 11 is 3.38. The summed E-state index contributed by atoms with van der Waals surface area (Å²) in [5.41, 5.74) is -1.31. The minimum Gasteiger partial charge on any atom is -0.480 e. The molecule has 1 saturated carbocycles. The van der Waals surface area contributed by atoms with Crippen molar-refractivity contribution in [3.8, 4) is 0 Å². The standard InChI is InChI=1S/C15H13BrN2O3/c1-8-7-15(8,14(20)21)13(19)18-12-11-6-10(16)3-2-9(11)4-5-17-12/h2-6,8H,7H2,1H3,(H,20,21)(H,17,18,19)/t8-,15+/m1/s1. The number of hydrogen-bond donors (Lipinski definition) is 2. The van der Waals surface area contributed by atoms with Crippen LogP contribution in [0.15, 0.2) is 34.9 Å². The molecule has 21 heavy (non-hydrogen) atoms. The topological polar surface area (TPSA) is 79.3 Å². The van der Waals surface area contributed by atoms with Gasteiger partial charge in [0.2, 0.25) is 5.91 Å². The summed E-state index contributed by atoms with van der Waals surface area (Å²) in [6.45, 7) is 1.76. The van der Waals surface area contributed by atoms with Crippen LogP contribution < -0.4 is 5.32 Å². The number of nitrogens with zero attached hydrogens (tertiary/aromatic N) is 1. The Morgan fingerprint density at radius 2 is 2.14 bits per heavy atom. The van der Waals surface area contributed by atoms with E-state index in [1.807, 2.05) is 24.3 Å². The van der Waals surface area contributed by atoms with Gasteiger partial charge in [-0.15, -0.1) is 0 Å². The molecule has 5 nitrogen and oxygen atoms in total. The van der Waals surface area contributed by atoms with Gasteiger partial charge in [0.05, 0.1) is 0 Å². The molecule has 0 aliphatic heterocycles. The van der Waals surface area contributed by atoms with Crippen molar-refractivity contribution in [1.29, 1.82) is 0 Å². The Morgan fingerprint density at radius 1 is 1.43 bits per heavy atom. The van der Waals surface area contributed by atoms with Crippen LogP contribution in [0, 0.1) is 11.3 Å². The van der Waals surface area contributed by atoms with Crippen molar-refractivity contribution >= 4 is 44.4 Å². The smallest absolute Gasteiger partial charge is 0.319 e. The Kier molecular flexibility index (Phi) is 3.20. The number of benzene rings is 1. The zero-order chi connectivity index (χ0) is 15.2. The predicted molar refractivity (Wildman–Crippen MR) is 81.9 cm³/mol. The van der Waals surface area contributed by atoms with Gasteiger partial charge in [-0.2, -0.15) is 0 Å². The normalized spacial score (nSPS) is 23.8. The molecule has 1 aromatic heterocycles. The second kappa shape index (κ2) is 4.80. The Balaban J connectivity index is 1.97. The molecule has 0 spiro atoms. The molecule has 3 rings (SSSR count). The van der Waals surface area contributed by atoms with E-state index >= 15 is 0 Å². The monoisotopic (exact) mass is 348 g/mol. The number of rotatable bonds is 3. The quantitative estimate of drug-likeness (QED) is 0.835. The van der Waals surface area contributed by atoms with E-state index in [9.17, 15) is 14.7 Å². The Hall–Kier alpha value is -1.95. The van der Waals surface area contributed by atoms with Crippen molar-refractivity contribution in [2.24, 2.45) is 11.3 Å². The average Bonchev–Trinajstić information content (AvgIpc) is 3.12. The van der Waals surface area contributed by atoms with E-state index in [0.717, 1.165) is 15.2 Å². The van der Waals surface area contributed by atoms with Crippen LogP contribution in [0.3, 0.4) is 0 Å². The predicted octanol–water partition coefficient (Wildman–Crippen LogP) is 3.05. The maximum atomic E-state index is 12.3. The van der Waals surface area contributed by atoms with Crippen molar-refractivity contribution in [3.05, 3.63) is 34.9 Å². The molecule has 2 N–H and O–H groups in total. The number of pyridine rings is 1. The molecule has 1 heterocycles. The minimum atomic E-state index is -1.31. The number of anilines is 1. The highest BCUT2D eigenvalue weighted by Gasteiger charge is 2.63. The summed E-state index contributed by atoms with van der Waals surface area (Å²) in [7, 11) is 0. The van der Waals surface area contributed by atoms with Gasteiger partial charge in [0.25, 0.3) is 0 Å². The minimum absolute atomic E-state index is 0.156. The highest BCUT2D eigenvalue weighted by molar-refractivity contribution is 9.10. The third-order valence-electron chi connectivity index (χ3n) is 4.06. The first-order chi connectivity index (χ1) is 9.95. The molecule has 1 aromatic carbocycles. The van der Waals surface area contributed by atoms with Crippen LogP contribution >= 0.6 is 15.9 Å². The van der Waals surface area contributed by atoms with Gasteiger partial charge < -0.3 is 10.4 Å². The third-order valence-corrected chi connectivity index (χ3v) is 4.55. The van der Waals surface area contributed by atoms with Crippen molar-refractivity contribution < 1.29 is 14.7 Å². The fourth-order valence-electron chi connectivity index (χ4n) is 2.59. The van der Waals surface area contributed by atoms with Crippen molar-refractivity contribution in [1.82, 2.24) is 4.98 Å². The van der Waals surface area contributed by atoms with E-state index in [-0.39, 0.29) is 5.92 Å². The molecule has 0 radical (unpaired) electrons. The molecule has 2 atom stereocenters. The summed E-state index contributed by atoms with van der Waals surface area (Å²) in [4.78, 5) is 27.9. The second-order valence-corrected chi connectivity index (χ2v) is 6.28. The molecule has 0 saturated heterocycles. The van der Waals surface area contributed by atoms with Crippen LogP contribution in [0.1, 0.15) is 13.3 Å². The first-order valence-corrected chi connectivity index (χ1v) is 7.33. The molecule has 0 bridgehead atoms. The highest BCUT2D eigenvalue weighted by Crippen LogP contribution is 2.53. The third kappa shape index (κ3) is 2.19. The fraction of sp³-hybridized carbons (Fsp3) is 0.267. The molecular formula is C15H13BrN2O3. The van der Waals surface area contributed by atoms with Crippen LogP contribution in [-0.2, 0) is 9.59 Å². The maximum absolute atomic E-state index is 12.3. The molecule has 1 amide bonds. The second-order valence-electron chi connectivity index (χ2n) is 5.36. The molecule has 2 aromatic rings. The van der Waals surface area contributed by atoms with Crippen LogP contribution in [-0.4, -0.2) is 22.0 Å². The lowest BCUT2D eigenvalue weighted by atomic mass is 10.0. The Labute approximate surface area is 129 Å². The number of halogens is 1. The van der Waals surface area contributed by atoms with Gasteiger partial charge in [-0.3, -0.25) is 9.59 Å². The molecule has 6 heteroatoms. The van der Waals surface area contributed by atoms with E-state index in [2.05, 4.69) is 26.2 Å². The molecule has 108 valence electrons. The van der Waals surface area contributed by atoms with Crippen molar-refractivity contribution in [2.75, 3.05) is 5.32 Å². The number of fused-ring (bicyclic) bond motifs is 1. The SMILES string of the molecule is C[C@@H]1C[C@@]1(C(=O)O)C(=O)Nc1nccc2ccc(Br)cc12. The lowest BCUT2D eigenvalue weighted by Crippen LogP contribution is -2.33. The van der Waals surface area contributed by atoms with Crippen LogP contribution in [0.2, 0.25) is 0 Å². The molecule has 1 aliphatic carbocycles. The summed E-state index contributed by atoms with van der Waals surface area (Å²) in [6, 6.07) is 7.49. The van der Waals surface area contributed by atoms with Crippen LogP contribution in [0.4, 0.5) is 5.82 Å². The number of carboxylic acid groups (broad SMARTS) is 1. The number of hydrogen-bond acceptors (Lipinski definition) is 3. The van der Waals surface area contributed by atoms with Crippen LogP contribution in [0.5, 0.6) is 0 Å². The molecular weight excluding hydrogens is 336 g/mol. The van der Waals surface area contributed by atoms with Gasteiger partial charge in [0, 0.05) is 16.1 Å². The summed E-state index contributed by atoms with van der Waals surface area (Å²) < 4.78 is 0.867. The zero-order valence-corrected chi connectivity index (χ0v) is 12.8. The van der Waals surface area contributed by atoms with Gasteiger partial charge in [-0.25, -0.2) is 4.98 Å². The number of carboxylic acids is 1. The Morgan fingerprint density at radius 3 is 2.76 bits per heavy atom. The summed E-state index contributed by atoms with van der Waals surface area (Å²) in [5.74, 6) is -1.34. The first kappa shape index (κ1) is 14.0. The lowest BCUT2D eigenvalue weighted by Gasteiger charge is -2.13. The molecule has 1 aliphatic rings. The van der Waals surface area contributed by atoms with Gasteiger partial charge in [-0.1, -0.05) is 28.9 Å². The molecule has 0 unspecified atom stereocenters. The van der Waals surface area contributed by atoms with Gasteiger partial charge in [0.1, 0.15) is 11.2 Å². The van der Waals surface area contributed by atoms with Crippen LogP contribution in [0.25, 0.3) is 10.8 Å². The number of aromatic nitrogens is 1. The van der Waals surface area contributed by atoms with Gasteiger partial charge in [-0.05, 0) is 35.9 Å². The molecule has 1 fully saturated rings. The van der Waals surface area contributed by atoms with Crippen molar-refractivity contribution in [3.63, 3.8) is 0 Å². The van der Waals surface area contributed by atoms with Gasteiger partial charge in [0.15, 0.2) is 0 Å². The first-order valence-electron chi connectivity index (χ1n) is 6.54.